The van der Waals surface area contributed by atoms with Crippen molar-refractivity contribution in [2.75, 3.05) is 47.4 Å². The standard InChI is InChI=1S/C47H47N3O6/c1-29-24-33-19-22-49(3)40-26-31-12-17-41(54-23-7-20-50-46(51)36-8-5-6-9-37(36)47(50)52)42(27-31)55-34-14-10-30(11-15-34)25-39-38-28-35(16-13-32(38)18-21-48(39)2)56-45(43(33)40)44(29)53-4/h5-6,8-17,24,27-28,39-40H,7,18-23,25-26H2,1-4H3/t39-,40+/m0/s1. The minimum absolute atomic E-state index is 0.0113. The van der Waals surface area contributed by atoms with E-state index in [-0.39, 0.29) is 30.4 Å². The summed E-state index contributed by atoms with van der Waals surface area (Å²) >= 11 is 0. The van der Waals surface area contributed by atoms with Crippen LogP contribution < -0.4 is 18.9 Å². The second kappa shape index (κ2) is 14.8. The van der Waals surface area contributed by atoms with Crippen molar-refractivity contribution >= 4 is 11.8 Å². The molecule has 9 heteroatoms. The fourth-order valence-electron chi connectivity index (χ4n) is 8.95. The molecule has 0 fully saturated rings. The van der Waals surface area contributed by atoms with Gasteiger partial charge in [0.15, 0.2) is 23.0 Å². The molecule has 5 aliphatic heterocycles. The zero-order valence-electron chi connectivity index (χ0n) is 32.5. The van der Waals surface area contributed by atoms with Crippen molar-refractivity contribution < 1.29 is 28.5 Å². The molecule has 2 atom stereocenters. The molecule has 10 rings (SSSR count). The van der Waals surface area contributed by atoms with Crippen LogP contribution in [0.5, 0.6) is 34.5 Å². The number of amides is 2. The lowest BCUT2D eigenvalue weighted by molar-refractivity contribution is 0.0646. The van der Waals surface area contributed by atoms with E-state index >= 15 is 0 Å². The molecule has 56 heavy (non-hydrogen) atoms. The molecule has 9 nitrogen and oxygen atoms in total. The molecule has 0 unspecified atom stereocenters. The number of hydrogen-bond acceptors (Lipinski definition) is 8. The second-order valence-electron chi connectivity index (χ2n) is 15.5. The molecule has 2 amide bonds. The monoisotopic (exact) mass is 749 g/mol. The van der Waals surface area contributed by atoms with E-state index in [1.165, 1.54) is 27.2 Å². The summed E-state index contributed by atoms with van der Waals surface area (Å²) in [7, 11) is 6.12. The Balaban J connectivity index is 1.07. The summed E-state index contributed by atoms with van der Waals surface area (Å²) < 4.78 is 26.1. The molecule has 0 radical (unpaired) electrons. The van der Waals surface area contributed by atoms with Crippen molar-refractivity contribution in [2.45, 2.75) is 51.1 Å². The molecule has 5 aromatic carbocycles. The number of aryl methyl sites for hydroxylation is 1. The number of benzene rings is 5. The highest BCUT2D eigenvalue weighted by atomic mass is 16.5. The first-order valence-electron chi connectivity index (χ1n) is 19.6. The number of carbonyl (C=O) groups is 2. The molecular formula is C47H47N3O6. The molecule has 0 N–H and O–H groups in total. The van der Waals surface area contributed by atoms with Crippen molar-refractivity contribution in [1.29, 1.82) is 0 Å². The van der Waals surface area contributed by atoms with Gasteiger partial charge in [0.2, 0.25) is 0 Å². The minimum atomic E-state index is -0.257. The number of imide groups is 1. The van der Waals surface area contributed by atoms with Crippen LogP contribution in [0, 0.1) is 6.92 Å². The summed E-state index contributed by atoms with van der Waals surface area (Å²) in [6, 6.07) is 30.6. The number of hydrogen-bond donors (Lipinski definition) is 0. The van der Waals surface area contributed by atoms with E-state index in [0.29, 0.717) is 42.1 Å². The van der Waals surface area contributed by atoms with Crippen LogP contribution in [0.25, 0.3) is 0 Å². The van der Waals surface area contributed by atoms with Crippen LogP contribution in [0.2, 0.25) is 0 Å². The summed E-state index contributed by atoms with van der Waals surface area (Å²) in [5.74, 6) is 3.78. The highest BCUT2D eigenvalue weighted by Gasteiger charge is 2.35. The summed E-state index contributed by atoms with van der Waals surface area (Å²) in [4.78, 5) is 32.0. The molecule has 5 aromatic rings. The van der Waals surface area contributed by atoms with E-state index in [0.717, 1.165) is 72.0 Å². The van der Waals surface area contributed by atoms with Gasteiger partial charge >= 0.3 is 0 Å². The maximum absolute atomic E-state index is 12.9. The van der Waals surface area contributed by atoms with Crippen LogP contribution in [-0.2, 0) is 25.7 Å². The number of fused-ring (bicyclic) bond motifs is 3. The van der Waals surface area contributed by atoms with Gasteiger partial charge in [0.25, 0.3) is 11.8 Å². The van der Waals surface area contributed by atoms with E-state index in [9.17, 15) is 9.59 Å². The van der Waals surface area contributed by atoms with Crippen LogP contribution in [0.3, 0.4) is 0 Å². The Morgan fingerprint density at radius 3 is 2.16 bits per heavy atom. The fourth-order valence-corrected chi connectivity index (χ4v) is 8.95. The number of methoxy groups -OCH3 is 1. The molecule has 0 spiro atoms. The zero-order valence-corrected chi connectivity index (χ0v) is 32.5. The molecule has 5 aliphatic rings. The quantitative estimate of drug-likeness (QED) is 0.126. The van der Waals surface area contributed by atoms with Crippen molar-refractivity contribution in [3.8, 4) is 34.5 Å². The van der Waals surface area contributed by atoms with Gasteiger partial charge in [0.1, 0.15) is 11.5 Å². The molecule has 286 valence electrons. The predicted octanol–water partition coefficient (Wildman–Crippen LogP) is 8.51. The van der Waals surface area contributed by atoms with Crippen LogP contribution in [-0.4, -0.2) is 74.0 Å². The number of ether oxygens (including phenoxy) is 4. The molecule has 0 saturated carbocycles. The van der Waals surface area contributed by atoms with Crippen LogP contribution in [0.4, 0.5) is 0 Å². The van der Waals surface area contributed by atoms with Crippen molar-refractivity contribution in [2.24, 2.45) is 0 Å². The lowest BCUT2D eigenvalue weighted by Crippen LogP contribution is -2.34. The van der Waals surface area contributed by atoms with Gasteiger partial charge in [-0.25, -0.2) is 0 Å². The zero-order chi connectivity index (χ0) is 38.5. The average Bonchev–Trinajstić information content (AvgIpc) is 3.44. The molecule has 6 bridgehead atoms. The number of carbonyl (C=O) groups excluding carboxylic acids is 2. The fraction of sp³-hybridized carbons (Fsp3) is 0.319. The molecule has 0 aromatic heterocycles. The number of nitrogens with zero attached hydrogens (tertiary/aromatic N) is 3. The minimum Gasteiger partial charge on any atom is -0.493 e. The molecular weight excluding hydrogens is 703 g/mol. The van der Waals surface area contributed by atoms with Crippen LogP contribution >= 0.6 is 0 Å². The highest BCUT2D eigenvalue weighted by molar-refractivity contribution is 6.21. The largest absolute Gasteiger partial charge is 0.493 e. The van der Waals surface area contributed by atoms with Crippen LogP contribution in [0.1, 0.15) is 78.2 Å². The summed E-state index contributed by atoms with van der Waals surface area (Å²) in [6.45, 7) is 4.58. The molecule has 0 aliphatic carbocycles. The first-order chi connectivity index (χ1) is 27.2. The van der Waals surface area contributed by atoms with Gasteiger partial charge in [-0.2, -0.15) is 0 Å². The van der Waals surface area contributed by atoms with E-state index in [2.05, 4.69) is 79.3 Å². The maximum Gasteiger partial charge on any atom is 0.261 e. The van der Waals surface area contributed by atoms with E-state index in [4.69, 9.17) is 18.9 Å². The average molecular weight is 750 g/mol. The molecule has 5 heterocycles. The Labute approximate surface area is 328 Å². The van der Waals surface area contributed by atoms with Crippen molar-refractivity contribution in [1.82, 2.24) is 14.7 Å². The third kappa shape index (κ3) is 6.58. The topological polar surface area (TPSA) is 80.8 Å². The summed E-state index contributed by atoms with van der Waals surface area (Å²) in [5, 5.41) is 0. The van der Waals surface area contributed by atoms with Gasteiger partial charge in [-0.3, -0.25) is 24.3 Å². The summed E-state index contributed by atoms with van der Waals surface area (Å²) in [5.41, 5.74) is 9.36. The van der Waals surface area contributed by atoms with Gasteiger partial charge in [-0.1, -0.05) is 42.5 Å². The lowest BCUT2D eigenvalue weighted by atomic mass is 9.86. The van der Waals surface area contributed by atoms with Gasteiger partial charge in [-0.05, 0) is 135 Å². The maximum atomic E-state index is 12.9. The molecule has 0 saturated heterocycles. The Hall–Kier alpha value is -5.64. The first kappa shape index (κ1) is 36.0. The van der Waals surface area contributed by atoms with E-state index in [1.807, 2.05) is 18.2 Å². The Morgan fingerprint density at radius 2 is 1.41 bits per heavy atom. The lowest BCUT2D eigenvalue weighted by Gasteiger charge is -2.37. The number of likely N-dealkylation sites (N-methyl/N-ethyl adjacent to an activating group) is 2. The Morgan fingerprint density at radius 1 is 0.732 bits per heavy atom. The van der Waals surface area contributed by atoms with E-state index in [1.54, 1.807) is 31.4 Å². The van der Waals surface area contributed by atoms with Crippen LogP contribution in [0.15, 0.2) is 91.0 Å². The third-order valence-electron chi connectivity index (χ3n) is 12.0. The predicted molar refractivity (Wildman–Crippen MR) is 215 cm³/mol. The third-order valence-corrected chi connectivity index (χ3v) is 12.0. The van der Waals surface area contributed by atoms with Crippen molar-refractivity contribution in [3.63, 3.8) is 0 Å². The smallest absolute Gasteiger partial charge is 0.261 e. The normalized spacial score (nSPS) is 19.0. The highest BCUT2D eigenvalue weighted by Crippen LogP contribution is 2.48. The summed E-state index contributed by atoms with van der Waals surface area (Å²) in [6.07, 6.45) is 3.95. The Kier molecular flexibility index (Phi) is 9.51. The van der Waals surface area contributed by atoms with Gasteiger partial charge in [0, 0.05) is 37.3 Å². The van der Waals surface area contributed by atoms with E-state index < -0.39 is 0 Å². The van der Waals surface area contributed by atoms with Gasteiger partial charge in [0.05, 0.1) is 24.8 Å². The Bertz CT molecular complexity index is 2300. The SMILES string of the molecule is COc1c(C)cc2c3c1Oc1ccc4c(c1)[C@H](Cc1ccc(cc1)Oc1cc(ccc1OCCCN1C(=O)c5ccccc5C1=O)C[C@H]3N(C)CC2)N(C)CC4. The second-order valence-corrected chi connectivity index (χ2v) is 15.5. The van der Waals surface area contributed by atoms with Gasteiger partial charge in [-0.15, -0.1) is 0 Å². The first-order valence-corrected chi connectivity index (χ1v) is 19.6. The number of rotatable bonds is 6. The van der Waals surface area contributed by atoms with Gasteiger partial charge < -0.3 is 18.9 Å². The van der Waals surface area contributed by atoms with Crippen molar-refractivity contribution in [3.05, 3.63) is 141 Å².